The van der Waals surface area contributed by atoms with Gasteiger partial charge in [-0.1, -0.05) is 23.9 Å². The normalized spacial score (nSPS) is 16.0. The van der Waals surface area contributed by atoms with Crippen LogP contribution in [0.1, 0.15) is 12.8 Å². The van der Waals surface area contributed by atoms with E-state index >= 15 is 0 Å². The molecular formula is C23H19F2N3O4S. The molecule has 0 radical (unpaired) electrons. The second-order valence-corrected chi connectivity index (χ2v) is 8.63. The van der Waals surface area contributed by atoms with Gasteiger partial charge in [0.15, 0.2) is 16.8 Å². The number of carbonyl (C=O) groups is 1. The number of nitrogens with one attached hydrogen (secondary N) is 1. The van der Waals surface area contributed by atoms with Gasteiger partial charge in [-0.05, 0) is 37.1 Å². The Bertz CT molecular complexity index is 1410. The van der Waals surface area contributed by atoms with E-state index in [1.807, 2.05) is 18.2 Å². The van der Waals surface area contributed by atoms with Gasteiger partial charge >= 0.3 is 0 Å². The van der Waals surface area contributed by atoms with Crippen molar-refractivity contribution in [2.24, 2.45) is 0 Å². The van der Waals surface area contributed by atoms with E-state index in [2.05, 4.69) is 10.3 Å². The molecule has 7 nitrogen and oxygen atoms in total. The lowest BCUT2D eigenvalue weighted by atomic mass is 10.2. The van der Waals surface area contributed by atoms with Crippen LogP contribution in [-0.4, -0.2) is 33.9 Å². The largest absolute Gasteiger partial charge is 0.448 e. The van der Waals surface area contributed by atoms with E-state index in [9.17, 15) is 18.4 Å². The minimum Gasteiger partial charge on any atom is -0.448 e. The van der Waals surface area contributed by atoms with Gasteiger partial charge in [-0.25, -0.2) is 13.8 Å². The molecule has 0 saturated carbocycles. The van der Waals surface area contributed by atoms with Crippen LogP contribution in [0, 0.1) is 11.6 Å². The number of hydrogen-bond donors (Lipinski definition) is 1. The third kappa shape index (κ3) is 4.36. The van der Waals surface area contributed by atoms with Crippen LogP contribution in [0.5, 0.6) is 0 Å². The van der Waals surface area contributed by atoms with Gasteiger partial charge in [0.1, 0.15) is 11.1 Å². The zero-order chi connectivity index (χ0) is 22.9. The van der Waals surface area contributed by atoms with Crippen LogP contribution in [0.3, 0.4) is 0 Å². The molecule has 1 aliphatic rings. The second-order valence-electron chi connectivity index (χ2n) is 7.69. The zero-order valence-electron chi connectivity index (χ0n) is 17.3. The topological polar surface area (TPSA) is 86.4 Å². The number of anilines is 1. The van der Waals surface area contributed by atoms with E-state index in [1.165, 1.54) is 10.6 Å². The molecule has 2 aromatic carbocycles. The number of hydrogen-bond acceptors (Lipinski definition) is 6. The highest BCUT2D eigenvalue weighted by molar-refractivity contribution is 7.99. The van der Waals surface area contributed by atoms with Crippen molar-refractivity contribution in [3.05, 3.63) is 64.5 Å². The predicted octanol–water partition coefficient (Wildman–Crippen LogP) is 4.33. The van der Waals surface area contributed by atoms with Gasteiger partial charge < -0.3 is 14.5 Å². The van der Waals surface area contributed by atoms with Crippen LogP contribution in [0.25, 0.3) is 22.1 Å². The molecule has 1 saturated heterocycles. The van der Waals surface area contributed by atoms with Crippen LogP contribution in [-0.2, 0) is 16.1 Å². The molecule has 1 atom stereocenters. The van der Waals surface area contributed by atoms with Crippen LogP contribution in [0.2, 0.25) is 0 Å². The number of rotatable bonds is 6. The minimum absolute atomic E-state index is 0.0851. The molecule has 33 heavy (non-hydrogen) atoms. The number of amides is 1. The third-order valence-corrected chi connectivity index (χ3v) is 6.37. The Morgan fingerprint density at radius 3 is 2.85 bits per heavy atom. The zero-order valence-corrected chi connectivity index (χ0v) is 18.2. The van der Waals surface area contributed by atoms with Crippen molar-refractivity contribution in [3.8, 4) is 0 Å². The van der Waals surface area contributed by atoms with Crippen molar-refractivity contribution < 1.29 is 22.7 Å². The summed E-state index contributed by atoms with van der Waals surface area (Å²) in [5, 5.41) is 3.59. The van der Waals surface area contributed by atoms with E-state index < -0.39 is 17.5 Å². The summed E-state index contributed by atoms with van der Waals surface area (Å²) in [7, 11) is 0. The van der Waals surface area contributed by atoms with Crippen molar-refractivity contribution in [1.82, 2.24) is 9.55 Å². The van der Waals surface area contributed by atoms with Crippen LogP contribution >= 0.6 is 11.8 Å². The molecule has 1 aliphatic heterocycles. The molecule has 4 aromatic rings. The average molecular weight is 471 g/mol. The van der Waals surface area contributed by atoms with Crippen molar-refractivity contribution >= 4 is 45.4 Å². The number of para-hydroxylation sites is 1. The fourth-order valence-corrected chi connectivity index (χ4v) is 4.62. The molecule has 5 rings (SSSR count). The van der Waals surface area contributed by atoms with Crippen LogP contribution in [0.4, 0.5) is 14.5 Å². The minimum atomic E-state index is -1.05. The molecule has 3 heterocycles. The highest BCUT2D eigenvalue weighted by atomic mass is 32.2. The summed E-state index contributed by atoms with van der Waals surface area (Å²) in [4.78, 5) is 30.4. The number of aromatic nitrogens is 2. The van der Waals surface area contributed by atoms with E-state index in [-0.39, 0.29) is 28.7 Å². The smallest absolute Gasteiger partial charge is 0.297 e. The highest BCUT2D eigenvalue weighted by Crippen LogP contribution is 2.28. The van der Waals surface area contributed by atoms with Crippen molar-refractivity contribution in [2.75, 3.05) is 17.7 Å². The first-order valence-corrected chi connectivity index (χ1v) is 11.4. The number of furan rings is 1. The molecule has 170 valence electrons. The number of nitrogens with zero attached hydrogens (tertiary/aromatic N) is 2. The van der Waals surface area contributed by atoms with Gasteiger partial charge in [0.25, 0.3) is 5.56 Å². The Balaban J connectivity index is 1.45. The van der Waals surface area contributed by atoms with E-state index in [4.69, 9.17) is 9.15 Å². The van der Waals surface area contributed by atoms with Gasteiger partial charge in [0.05, 0.1) is 18.4 Å². The number of carbonyl (C=O) groups excluding carboxylic acids is 1. The maximum Gasteiger partial charge on any atom is 0.297 e. The van der Waals surface area contributed by atoms with E-state index in [0.717, 1.165) is 36.7 Å². The Morgan fingerprint density at radius 2 is 2.06 bits per heavy atom. The van der Waals surface area contributed by atoms with Crippen molar-refractivity contribution in [3.63, 3.8) is 0 Å². The van der Waals surface area contributed by atoms with Crippen LogP contribution in [0.15, 0.2) is 56.8 Å². The lowest BCUT2D eigenvalue weighted by Gasteiger charge is -2.15. The molecule has 2 aromatic heterocycles. The monoisotopic (exact) mass is 471 g/mol. The molecule has 1 fully saturated rings. The lowest BCUT2D eigenvalue weighted by Crippen LogP contribution is -2.29. The maximum atomic E-state index is 13.4. The molecule has 10 heteroatoms. The summed E-state index contributed by atoms with van der Waals surface area (Å²) in [5.41, 5.74) is 0.946. The summed E-state index contributed by atoms with van der Waals surface area (Å²) in [6, 6.07) is 10.4. The highest BCUT2D eigenvalue weighted by Gasteiger charge is 2.23. The fourth-order valence-electron chi connectivity index (χ4n) is 3.82. The maximum absolute atomic E-state index is 13.4. The molecule has 1 unspecified atom stereocenters. The Morgan fingerprint density at radius 1 is 1.21 bits per heavy atom. The number of ether oxygens (including phenoxy) is 1. The number of thioether (sulfide) groups is 1. The Hall–Kier alpha value is -3.24. The standard InChI is InChI=1S/C23H19F2N3O4S/c24-16-8-7-13(10-17(16)25)26-19(29)12-33-23-27-20-15-5-1-2-6-18(15)32-21(20)22(30)28(23)11-14-4-3-9-31-14/h1-2,5-8,10,14H,3-4,9,11-12H2,(H,26,29). The summed E-state index contributed by atoms with van der Waals surface area (Å²) in [5.74, 6) is -2.57. The molecular weight excluding hydrogens is 452 g/mol. The first-order valence-electron chi connectivity index (χ1n) is 10.4. The first-order chi connectivity index (χ1) is 16.0. The fraction of sp³-hybridized carbons (Fsp3) is 0.261. The number of benzene rings is 2. The van der Waals surface area contributed by atoms with Gasteiger partial charge in [-0.2, -0.15) is 0 Å². The molecule has 0 spiro atoms. The second kappa shape index (κ2) is 8.95. The predicted molar refractivity (Wildman–Crippen MR) is 120 cm³/mol. The van der Waals surface area contributed by atoms with Crippen LogP contribution < -0.4 is 10.9 Å². The van der Waals surface area contributed by atoms with Gasteiger partial charge in [0.2, 0.25) is 11.5 Å². The summed E-state index contributed by atoms with van der Waals surface area (Å²) in [6.45, 7) is 0.935. The van der Waals surface area contributed by atoms with Gasteiger partial charge in [-0.15, -0.1) is 0 Å². The SMILES string of the molecule is O=C(CSc1nc2c(oc3ccccc32)c(=O)n1CC1CCCO1)Nc1ccc(F)c(F)c1. The number of fused-ring (bicyclic) bond motifs is 3. The molecule has 0 bridgehead atoms. The molecule has 1 amide bonds. The van der Waals surface area contributed by atoms with Gasteiger partial charge in [-0.3, -0.25) is 14.2 Å². The van der Waals surface area contributed by atoms with Gasteiger partial charge in [0, 0.05) is 23.7 Å². The summed E-state index contributed by atoms with van der Waals surface area (Å²) < 4.78 is 39.5. The van der Waals surface area contributed by atoms with Crippen molar-refractivity contribution in [1.29, 1.82) is 0 Å². The Kier molecular flexibility index (Phi) is 5.86. The van der Waals surface area contributed by atoms with E-state index in [1.54, 1.807) is 6.07 Å². The average Bonchev–Trinajstić information content (AvgIpc) is 3.45. The Labute approximate surface area is 190 Å². The molecule has 1 N–H and O–H groups in total. The quantitative estimate of drug-likeness (QED) is 0.333. The lowest BCUT2D eigenvalue weighted by molar-refractivity contribution is -0.113. The summed E-state index contributed by atoms with van der Waals surface area (Å²) in [6.07, 6.45) is 1.62. The third-order valence-electron chi connectivity index (χ3n) is 5.39. The summed E-state index contributed by atoms with van der Waals surface area (Å²) >= 11 is 1.08. The van der Waals surface area contributed by atoms with E-state index in [0.29, 0.717) is 34.8 Å². The number of halogens is 2. The molecule has 0 aliphatic carbocycles. The first kappa shape index (κ1) is 21.6. The van der Waals surface area contributed by atoms with Crippen molar-refractivity contribution in [2.45, 2.75) is 30.6 Å².